The Labute approximate surface area is 213 Å². The van der Waals surface area contributed by atoms with E-state index in [2.05, 4.69) is 26.1 Å². The van der Waals surface area contributed by atoms with Crippen molar-refractivity contribution in [1.82, 2.24) is 15.1 Å². The van der Waals surface area contributed by atoms with Gasteiger partial charge in [0.25, 0.3) is 5.91 Å². The first kappa shape index (κ1) is 26.2. The zero-order valence-electron chi connectivity index (χ0n) is 22.0. The highest BCUT2D eigenvalue weighted by atomic mass is 16.5. The summed E-state index contributed by atoms with van der Waals surface area (Å²) in [6.45, 7) is 7.15. The lowest BCUT2D eigenvalue weighted by Crippen LogP contribution is -2.53. The monoisotopic (exact) mass is 497 g/mol. The van der Waals surface area contributed by atoms with Crippen LogP contribution in [-0.4, -0.2) is 65.9 Å². The molecule has 2 heterocycles. The predicted octanol–water partition coefficient (Wildman–Crippen LogP) is 3.64. The number of carbonyl (C=O) groups is 4. The van der Waals surface area contributed by atoms with Crippen LogP contribution in [0, 0.1) is 11.3 Å². The number of benzene rings is 1. The minimum atomic E-state index is -0.882. The number of likely N-dealkylation sites (tertiary alicyclic amines) is 1. The van der Waals surface area contributed by atoms with Gasteiger partial charge in [-0.3, -0.25) is 19.3 Å². The molecule has 1 aromatic carbocycles. The van der Waals surface area contributed by atoms with E-state index in [0.717, 1.165) is 29.7 Å². The lowest BCUT2D eigenvalue weighted by molar-refractivity contribution is -0.151. The van der Waals surface area contributed by atoms with Crippen LogP contribution < -0.4 is 5.32 Å². The molecule has 0 bridgehead atoms. The highest BCUT2D eigenvalue weighted by Crippen LogP contribution is 2.45. The van der Waals surface area contributed by atoms with E-state index in [1.807, 2.05) is 30.3 Å². The van der Waals surface area contributed by atoms with Crippen molar-refractivity contribution in [1.29, 1.82) is 0 Å². The molecule has 8 heteroatoms. The van der Waals surface area contributed by atoms with Crippen molar-refractivity contribution in [2.24, 2.45) is 11.3 Å². The number of piperidine rings is 1. The van der Waals surface area contributed by atoms with Crippen LogP contribution in [0.5, 0.6) is 0 Å². The van der Waals surface area contributed by atoms with Crippen LogP contribution in [0.3, 0.4) is 0 Å². The molecule has 1 aromatic rings. The molecule has 0 radical (unpaired) electrons. The zero-order chi connectivity index (χ0) is 26.1. The molecule has 0 atom stereocenters. The molecule has 1 spiro atoms. The average molecular weight is 498 g/mol. The minimum absolute atomic E-state index is 0.205. The molecule has 2 saturated heterocycles. The third kappa shape index (κ3) is 4.50. The molecule has 4 amide bonds. The summed E-state index contributed by atoms with van der Waals surface area (Å²) in [6.07, 6.45) is 4.91. The summed E-state index contributed by atoms with van der Waals surface area (Å²) < 4.78 is 5.13. The fourth-order valence-corrected chi connectivity index (χ4v) is 6.28. The van der Waals surface area contributed by atoms with Gasteiger partial charge >= 0.3 is 12.0 Å². The maximum Gasteiger partial charge on any atom is 0.325 e. The molecule has 3 fully saturated rings. The largest absolute Gasteiger partial charge is 0.468 e. The molecular formula is C28H39N3O5. The first-order valence-corrected chi connectivity index (χ1v) is 13.1. The molecule has 36 heavy (non-hydrogen) atoms. The maximum absolute atomic E-state index is 13.4. The number of rotatable bonds is 6. The Balaban J connectivity index is 1.39. The molecule has 8 nitrogen and oxygen atoms in total. The first-order chi connectivity index (χ1) is 17.1. The van der Waals surface area contributed by atoms with Gasteiger partial charge in [-0.2, -0.15) is 0 Å². The van der Waals surface area contributed by atoms with Gasteiger partial charge in [-0.15, -0.1) is 0 Å². The van der Waals surface area contributed by atoms with E-state index in [-0.39, 0.29) is 29.7 Å². The van der Waals surface area contributed by atoms with Gasteiger partial charge < -0.3 is 15.0 Å². The van der Waals surface area contributed by atoms with Gasteiger partial charge in [0.15, 0.2) is 0 Å². The summed E-state index contributed by atoms with van der Waals surface area (Å²) in [5.41, 5.74) is -0.604. The zero-order valence-corrected chi connectivity index (χ0v) is 22.0. The van der Waals surface area contributed by atoms with Crippen LogP contribution in [-0.2, 0) is 24.5 Å². The summed E-state index contributed by atoms with van der Waals surface area (Å²) in [5, 5.41) is 2.93. The molecule has 1 N–H and O–H groups in total. The molecule has 1 aliphatic carbocycles. The average Bonchev–Trinajstić information content (AvgIpc) is 3.12. The predicted molar refractivity (Wildman–Crippen MR) is 135 cm³/mol. The normalized spacial score (nSPS) is 26.2. The first-order valence-electron chi connectivity index (χ1n) is 13.1. The van der Waals surface area contributed by atoms with Gasteiger partial charge in [-0.25, -0.2) is 4.79 Å². The van der Waals surface area contributed by atoms with Crippen molar-refractivity contribution in [3.8, 4) is 0 Å². The van der Waals surface area contributed by atoms with Crippen LogP contribution in [0.25, 0.3) is 0 Å². The standard InChI is InChI=1S/C28H39N3O5/c1-5-26(2,3)20-11-13-28(14-12-20)23(33)31(25(35)29-28)19-22(32)30-17-15-27(16-18-30,24(34)36-4)21-9-7-6-8-10-21/h6-10,20H,5,11-19H2,1-4H3,(H,29,35). The van der Waals surface area contributed by atoms with Crippen molar-refractivity contribution in [2.45, 2.75) is 76.7 Å². The van der Waals surface area contributed by atoms with Gasteiger partial charge in [0.05, 0.1) is 12.5 Å². The fourth-order valence-electron chi connectivity index (χ4n) is 6.28. The molecule has 2 aliphatic heterocycles. The maximum atomic E-state index is 13.4. The molecule has 0 unspecified atom stereocenters. The number of nitrogens with one attached hydrogen (secondary N) is 1. The Bertz CT molecular complexity index is 1010. The summed E-state index contributed by atoms with van der Waals surface area (Å²) in [5.74, 6) is -0.345. The topological polar surface area (TPSA) is 96.0 Å². The molecule has 1 saturated carbocycles. The van der Waals surface area contributed by atoms with Crippen LogP contribution in [0.2, 0.25) is 0 Å². The molecular weight excluding hydrogens is 458 g/mol. The van der Waals surface area contributed by atoms with Crippen LogP contribution in [0.4, 0.5) is 4.79 Å². The Kier molecular flexibility index (Phi) is 7.17. The Morgan fingerprint density at radius 1 is 1.06 bits per heavy atom. The summed E-state index contributed by atoms with van der Waals surface area (Å²) in [4.78, 5) is 54.8. The van der Waals surface area contributed by atoms with E-state index in [4.69, 9.17) is 4.74 Å². The molecule has 3 aliphatic rings. The third-order valence-corrected chi connectivity index (χ3v) is 9.27. The van der Waals surface area contributed by atoms with E-state index in [1.54, 1.807) is 4.90 Å². The van der Waals surface area contributed by atoms with Crippen LogP contribution >= 0.6 is 0 Å². The third-order valence-electron chi connectivity index (χ3n) is 9.27. The highest BCUT2D eigenvalue weighted by Gasteiger charge is 2.54. The van der Waals surface area contributed by atoms with Gasteiger partial charge in [0, 0.05) is 13.1 Å². The van der Waals surface area contributed by atoms with Gasteiger partial charge in [-0.05, 0) is 55.4 Å². The second-order valence-electron chi connectivity index (χ2n) is 11.3. The number of carbonyl (C=O) groups excluding carboxylic acids is 4. The number of hydrogen-bond acceptors (Lipinski definition) is 5. The number of hydrogen-bond donors (Lipinski definition) is 1. The van der Waals surface area contributed by atoms with Gasteiger partial charge in [0.2, 0.25) is 5.91 Å². The number of imide groups is 1. The lowest BCUT2D eigenvalue weighted by atomic mass is 9.65. The quantitative estimate of drug-likeness (QED) is 0.478. The van der Waals surface area contributed by atoms with Crippen molar-refractivity contribution in [2.75, 3.05) is 26.7 Å². The number of ether oxygens (including phenoxy) is 1. The number of amides is 4. The molecule has 4 rings (SSSR count). The van der Waals surface area contributed by atoms with Crippen molar-refractivity contribution in [3.05, 3.63) is 35.9 Å². The van der Waals surface area contributed by atoms with Gasteiger partial charge in [0.1, 0.15) is 12.1 Å². The summed E-state index contributed by atoms with van der Waals surface area (Å²) in [6, 6.07) is 9.03. The van der Waals surface area contributed by atoms with Crippen LogP contribution in [0.15, 0.2) is 30.3 Å². The van der Waals surface area contributed by atoms with Crippen molar-refractivity contribution in [3.63, 3.8) is 0 Å². The van der Waals surface area contributed by atoms with E-state index < -0.39 is 17.0 Å². The second-order valence-corrected chi connectivity index (χ2v) is 11.3. The van der Waals surface area contributed by atoms with Gasteiger partial charge in [-0.1, -0.05) is 57.5 Å². The smallest absolute Gasteiger partial charge is 0.325 e. The highest BCUT2D eigenvalue weighted by molar-refractivity contribution is 6.09. The number of urea groups is 1. The second kappa shape index (κ2) is 9.87. The van der Waals surface area contributed by atoms with E-state index in [1.165, 1.54) is 7.11 Å². The summed E-state index contributed by atoms with van der Waals surface area (Å²) in [7, 11) is 1.38. The number of nitrogens with zero attached hydrogens (tertiary/aromatic N) is 2. The Morgan fingerprint density at radius 2 is 1.67 bits per heavy atom. The SMILES string of the molecule is CCC(C)(C)C1CCC2(CC1)NC(=O)N(CC(=O)N1CCC(C(=O)OC)(c3ccccc3)CC1)C2=O. The molecule has 0 aromatic heterocycles. The van der Waals surface area contributed by atoms with E-state index >= 15 is 0 Å². The number of methoxy groups -OCH3 is 1. The number of esters is 1. The van der Waals surface area contributed by atoms with Crippen molar-refractivity contribution >= 4 is 23.8 Å². The minimum Gasteiger partial charge on any atom is -0.468 e. The fraction of sp³-hybridized carbons (Fsp3) is 0.643. The molecule has 196 valence electrons. The van der Waals surface area contributed by atoms with Crippen molar-refractivity contribution < 1.29 is 23.9 Å². The van der Waals surface area contributed by atoms with E-state index in [9.17, 15) is 19.2 Å². The Morgan fingerprint density at radius 3 is 2.22 bits per heavy atom. The Hall–Kier alpha value is -2.90. The lowest BCUT2D eigenvalue weighted by Gasteiger charge is -2.42. The summed E-state index contributed by atoms with van der Waals surface area (Å²) >= 11 is 0. The van der Waals surface area contributed by atoms with E-state index in [0.29, 0.717) is 44.7 Å². The van der Waals surface area contributed by atoms with Crippen LogP contribution in [0.1, 0.15) is 71.3 Å².